The molecule has 0 unspecified atom stereocenters. The number of aryl methyl sites for hydroxylation is 3. The molecule has 3 aromatic carbocycles. The Balaban J connectivity index is 1.36. The number of hydrogen-bond donors (Lipinski definition) is 0. The van der Waals surface area contributed by atoms with Crippen LogP contribution in [0.4, 0.5) is 5.69 Å². The summed E-state index contributed by atoms with van der Waals surface area (Å²) in [6.07, 6.45) is -0.873. The SMILES string of the molecule is Cc1ccc(C(=O)[C@@H](C)OC(=O)[C@@H]2CC(=O)N(c3ccc(Oc4ccc(C)c(C)c4)cc3)C2)cc1. The molecule has 180 valence electrons. The van der Waals surface area contributed by atoms with Crippen molar-refractivity contribution in [2.45, 2.75) is 40.2 Å². The number of ether oxygens (including phenoxy) is 2. The van der Waals surface area contributed by atoms with Crippen LogP contribution in [-0.2, 0) is 14.3 Å². The highest BCUT2D eigenvalue weighted by Crippen LogP contribution is 2.30. The van der Waals surface area contributed by atoms with Gasteiger partial charge in [-0.3, -0.25) is 14.4 Å². The molecular formula is C29H29NO5. The molecule has 1 saturated heterocycles. The molecule has 0 radical (unpaired) electrons. The monoisotopic (exact) mass is 471 g/mol. The number of esters is 1. The van der Waals surface area contributed by atoms with Crippen LogP contribution < -0.4 is 9.64 Å². The first-order valence-electron chi connectivity index (χ1n) is 11.7. The summed E-state index contributed by atoms with van der Waals surface area (Å²) in [5.41, 5.74) is 4.56. The normalized spacial score (nSPS) is 16.2. The fourth-order valence-corrected chi connectivity index (χ4v) is 4.00. The molecule has 0 spiro atoms. The van der Waals surface area contributed by atoms with Gasteiger partial charge in [-0.1, -0.05) is 35.9 Å². The van der Waals surface area contributed by atoms with Gasteiger partial charge in [0.05, 0.1) is 5.92 Å². The average Bonchev–Trinajstić information content (AvgIpc) is 3.23. The summed E-state index contributed by atoms with van der Waals surface area (Å²) in [5, 5.41) is 0. The first-order valence-corrected chi connectivity index (χ1v) is 11.7. The minimum Gasteiger partial charge on any atom is -0.457 e. The van der Waals surface area contributed by atoms with Crippen molar-refractivity contribution < 1.29 is 23.9 Å². The zero-order chi connectivity index (χ0) is 25.1. The van der Waals surface area contributed by atoms with Crippen LogP contribution in [0.3, 0.4) is 0 Å². The molecule has 1 fully saturated rings. The summed E-state index contributed by atoms with van der Waals surface area (Å²) in [4.78, 5) is 39.5. The van der Waals surface area contributed by atoms with Crippen molar-refractivity contribution in [2.75, 3.05) is 11.4 Å². The van der Waals surface area contributed by atoms with Crippen molar-refractivity contribution in [1.82, 2.24) is 0 Å². The highest BCUT2D eigenvalue weighted by Gasteiger charge is 2.37. The lowest BCUT2D eigenvalue weighted by Gasteiger charge is -2.18. The van der Waals surface area contributed by atoms with Gasteiger partial charge in [-0.05, 0) is 75.2 Å². The molecule has 0 saturated carbocycles. The van der Waals surface area contributed by atoms with E-state index in [1.165, 1.54) is 5.56 Å². The van der Waals surface area contributed by atoms with E-state index in [-0.39, 0.29) is 24.7 Å². The maximum absolute atomic E-state index is 12.7. The van der Waals surface area contributed by atoms with Crippen LogP contribution in [0.2, 0.25) is 0 Å². The molecule has 0 aliphatic carbocycles. The quantitative estimate of drug-likeness (QED) is 0.333. The smallest absolute Gasteiger partial charge is 0.312 e. The van der Waals surface area contributed by atoms with Gasteiger partial charge in [0.1, 0.15) is 11.5 Å². The topological polar surface area (TPSA) is 72.9 Å². The number of benzene rings is 3. The third-order valence-corrected chi connectivity index (χ3v) is 6.32. The standard InChI is InChI=1S/C29H29NO5/c1-18-5-8-22(9-6-18)28(32)21(4)34-29(33)23-16-27(31)30(17-23)24-10-13-25(14-11-24)35-26-12-7-19(2)20(3)15-26/h5-15,21,23H,16-17H2,1-4H3/t21-,23-/m1/s1. The second kappa shape index (κ2) is 10.1. The zero-order valence-corrected chi connectivity index (χ0v) is 20.4. The van der Waals surface area contributed by atoms with Gasteiger partial charge in [-0.25, -0.2) is 0 Å². The first-order chi connectivity index (χ1) is 16.7. The number of Topliss-reactive ketones (excluding diaryl/α,β-unsaturated/α-hetero) is 1. The third-order valence-electron chi connectivity index (χ3n) is 6.32. The molecule has 0 bridgehead atoms. The summed E-state index contributed by atoms with van der Waals surface area (Å²) < 4.78 is 11.3. The molecule has 3 aromatic rings. The Bertz CT molecular complexity index is 1250. The van der Waals surface area contributed by atoms with E-state index in [4.69, 9.17) is 9.47 Å². The Morgan fingerprint density at radius 3 is 2.20 bits per heavy atom. The van der Waals surface area contributed by atoms with Gasteiger partial charge in [0.15, 0.2) is 6.10 Å². The molecular weight excluding hydrogens is 442 g/mol. The Morgan fingerprint density at radius 1 is 0.886 bits per heavy atom. The molecule has 1 aliphatic rings. The number of anilines is 1. The van der Waals surface area contributed by atoms with Crippen molar-refractivity contribution in [3.05, 3.63) is 89.0 Å². The minimum atomic E-state index is -0.920. The van der Waals surface area contributed by atoms with Gasteiger partial charge >= 0.3 is 5.97 Å². The summed E-state index contributed by atoms with van der Waals surface area (Å²) in [6, 6.07) is 20.2. The highest BCUT2D eigenvalue weighted by atomic mass is 16.5. The van der Waals surface area contributed by atoms with E-state index in [9.17, 15) is 14.4 Å². The van der Waals surface area contributed by atoms with Crippen molar-refractivity contribution in [3.63, 3.8) is 0 Å². The fourth-order valence-electron chi connectivity index (χ4n) is 4.00. The van der Waals surface area contributed by atoms with Gasteiger partial charge in [0.2, 0.25) is 11.7 Å². The zero-order valence-electron chi connectivity index (χ0n) is 20.4. The van der Waals surface area contributed by atoms with Crippen LogP contribution in [0, 0.1) is 26.7 Å². The van der Waals surface area contributed by atoms with Crippen molar-refractivity contribution >= 4 is 23.3 Å². The lowest BCUT2D eigenvalue weighted by molar-refractivity contribution is -0.151. The number of ketones is 1. The molecule has 0 aromatic heterocycles. The minimum absolute atomic E-state index is 0.0468. The van der Waals surface area contributed by atoms with Gasteiger partial charge in [-0.2, -0.15) is 0 Å². The van der Waals surface area contributed by atoms with Crippen molar-refractivity contribution in [2.24, 2.45) is 5.92 Å². The van der Waals surface area contributed by atoms with E-state index in [1.54, 1.807) is 48.2 Å². The fraction of sp³-hybridized carbons (Fsp3) is 0.276. The maximum Gasteiger partial charge on any atom is 0.312 e. The van der Waals surface area contributed by atoms with E-state index in [2.05, 4.69) is 0 Å². The summed E-state index contributed by atoms with van der Waals surface area (Å²) >= 11 is 0. The van der Waals surface area contributed by atoms with E-state index in [0.717, 1.165) is 16.9 Å². The average molecular weight is 472 g/mol. The second-order valence-corrected chi connectivity index (χ2v) is 9.06. The molecule has 6 heteroatoms. The predicted molar refractivity (Wildman–Crippen MR) is 134 cm³/mol. The van der Waals surface area contributed by atoms with Crippen LogP contribution in [-0.4, -0.2) is 30.3 Å². The van der Waals surface area contributed by atoms with E-state index >= 15 is 0 Å². The lowest BCUT2D eigenvalue weighted by atomic mass is 10.1. The number of rotatable bonds is 7. The van der Waals surface area contributed by atoms with Crippen molar-refractivity contribution in [3.8, 4) is 11.5 Å². The van der Waals surface area contributed by atoms with Crippen LogP contribution >= 0.6 is 0 Å². The molecule has 0 N–H and O–H groups in total. The number of carbonyl (C=O) groups excluding carboxylic acids is 3. The van der Waals surface area contributed by atoms with Crippen LogP contribution in [0.15, 0.2) is 66.7 Å². The summed E-state index contributed by atoms with van der Waals surface area (Å²) in [6.45, 7) is 7.78. The summed E-state index contributed by atoms with van der Waals surface area (Å²) in [5.74, 6) is -0.185. The molecule has 4 rings (SSSR count). The number of amides is 1. The first kappa shape index (κ1) is 24.2. The van der Waals surface area contributed by atoms with E-state index < -0.39 is 18.0 Å². The molecule has 1 amide bonds. The lowest BCUT2D eigenvalue weighted by Crippen LogP contribution is -2.30. The largest absolute Gasteiger partial charge is 0.457 e. The molecule has 35 heavy (non-hydrogen) atoms. The van der Waals surface area contributed by atoms with Crippen LogP contribution in [0.5, 0.6) is 11.5 Å². The number of carbonyl (C=O) groups is 3. The second-order valence-electron chi connectivity index (χ2n) is 9.06. The van der Waals surface area contributed by atoms with Gasteiger partial charge in [0.25, 0.3) is 0 Å². The van der Waals surface area contributed by atoms with E-state index in [1.807, 2.05) is 51.1 Å². The van der Waals surface area contributed by atoms with Crippen LogP contribution in [0.25, 0.3) is 0 Å². The van der Waals surface area contributed by atoms with Crippen molar-refractivity contribution in [1.29, 1.82) is 0 Å². The highest BCUT2D eigenvalue weighted by molar-refractivity contribution is 6.02. The number of nitrogens with zero attached hydrogens (tertiary/aromatic N) is 1. The third kappa shape index (κ3) is 5.60. The molecule has 1 heterocycles. The Morgan fingerprint density at radius 2 is 1.54 bits per heavy atom. The van der Waals surface area contributed by atoms with Gasteiger partial charge < -0.3 is 14.4 Å². The van der Waals surface area contributed by atoms with Gasteiger partial charge in [0, 0.05) is 24.2 Å². The summed E-state index contributed by atoms with van der Waals surface area (Å²) in [7, 11) is 0. The van der Waals surface area contributed by atoms with Gasteiger partial charge in [-0.15, -0.1) is 0 Å². The number of hydrogen-bond acceptors (Lipinski definition) is 5. The molecule has 2 atom stereocenters. The Kier molecular flexibility index (Phi) is 7.01. The molecule has 6 nitrogen and oxygen atoms in total. The molecule has 1 aliphatic heterocycles. The van der Waals surface area contributed by atoms with E-state index in [0.29, 0.717) is 17.0 Å². The predicted octanol–water partition coefficient (Wildman–Crippen LogP) is 5.57. The van der Waals surface area contributed by atoms with Crippen LogP contribution in [0.1, 0.15) is 40.4 Å². The Labute approximate surface area is 205 Å². The maximum atomic E-state index is 12.7. The Hall–Kier alpha value is -3.93.